The van der Waals surface area contributed by atoms with Gasteiger partial charge in [0.15, 0.2) is 0 Å². The Morgan fingerprint density at radius 2 is 1.65 bits per heavy atom. The standard InChI is InChI=1S/C24H21Cl2N5O3/c1-29(18-4-3-11-27-13-18)22-28-23(32)31(15-17-7-10-20(25)21(26)12-17)24(33)30(22)14-16-5-8-19(34-2)9-6-16/h3-13H,14-15H2,1-2H3. The van der Waals surface area contributed by atoms with Gasteiger partial charge in [-0.15, -0.1) is 0 Å². The molecule has 8 nitrogen and oxygen atoms in total. The van der Waals surface area contributed by atoms with Crippen molar-refractivity contribution in [1.82, 2.24) is 19.1 Å². The van der Waals surface area contributed by atoms with Crippen LogP contribution in [0.15, 0.2) is 76.6 Å². The summed E-state index contributed by atoms with van der Waals surface area (Å²) in [5.74, 6) is 0.899. The third kappa shape index (κ3) is 4.98. The van der Waals surface area contributed by atoms with E-state index in [1.807, 2.05) is 30.3 Å². The van der Waals surface area contributed by atoms with Crippen LogP contribution < -0.4 is 21.0 Å². The summed E-state index contributed by atoms with van der Waals surface area (Å²) in [5.41, 5.74) is 0.991. The molecular formula is C24H21Cl2N5O3. The molecule has 0 aliphatic heterocycles. The minimum Gasteiger partial charge on any atom is -0.497 e. The molecule has 0 aliphatic rings. The first-order valence-electron chi connectivity index (χ1n) is 10.3. The molecule has 0 saturated heterocycles. The number of rotatable bonds is 7. The van der Waals surface area contributed by atoms with Crippen molar-refractivity contribution >= 4 is 34.8 Å². The number of methoxy groups -OCH3 is 1. The lowest BCUT2D eigenvalue weighted by molar-refractivity contribution is 0.414. The number of hydrogen-bond donors (Lipinski definition) is 0. The Morgan fingerprint density at radius 1 is 0.941 bits per heavy atom. The average molecular weight is 498 g/mol. The van der Waals surface area contributed by atoms with Crippen LogP contribution >= 0.6 is 23.2 Å². The van der Waals surface area contributed by atoms with Crippen LogP contribution in [0.4, 0.5) is 11.6 Å². The maximum absolute atomic E-state index is 13.6. The highest BCUT2D eigenvalue weighted by molar-refractivity contribution is 6.42. The van der Waals surface area contributed by atoms with E-state index in [0.717, 1.165) is 10.1 Å². The third-order valence-electron chi connectivity index (χ3n) is 5.29. The average Bonchev–Trinajstić information content (AvgIpc) is 2.86. The van der Waals surface area contributed by atoms with Crippen molar-refractivity contribution in [2.75, 3.05) is 19.1 Å². The van der Waals surface area contributed by atoms with Crippen LogP contribution in [-0.4, -0.2) is 33.3 Å². The molecule has 2 aromatic carbocycles. The second-order valence-corrected chi connectivity index (χ2v) is 8.33. The number of pyridine rings is 1. The molecule has 0 spiro atoms. The molecule has 0 atom stereocenters. The van der Waals surface area contributed by atoms with Gasteiger partial charge in [-0.1, -0.05) is 41.4 Å². The smallest absolute Gasteiger partial charge is 0.355 e. The van der Waals surface area contributed by atoms with Crippen LogP contribution in [-0.2, 0) is 13.1 Å². The summed E-state index contributed by atoms with van der Waals surface area (Å²) in [6.45, 7) is 0.193. The Kier molecular flexibility index (Phi) is 7.00. The lowest BCUT2D eigenvalue weighted by atomic mass is 10.2. The van der Waals surface area contributed by atoms with Gasteiger partial charge in [0.2, 0.25) is 5.95 Å². The molecule has 0 fully saturated rings. The SMILES string of the molecule is COc1ccc(Cn2c(N(C)c3cccnc3)nc(=O)n(Cc3ccc(Cl)c(Cl)c3)c2=O)cc1. The number of benzene rings is 2. The van der Waals surface area contributed by atoms with Crippen LogP contribution in [0.25, 0.3) is 0 Å². The van der Waals surface area contributed by atoms with E-state index in [4.69, 9.17) is 27.9 Å². The van der Waals surface area contributed by atoms with Gasteiger partial charge in [-0.2, -0.15) is 4.98 Å². The van der Waals surface area contributed by atoms with Crippen LogP contribution in [0, 0.1) is 0 Å². The van der Waals surface area contributed by atoms with Crippen molar-refractivity contribution in [3.63, 3.8) is 0 Å². The van der Waals surface area contributed by atoms with Gasteiger partial charge in [0.25, 0.3) is 0 Å². The third-order valence-corrected chi connectivity index (χ3v) is 6.03. The summed E-state index contributed by atoms with van der Waals surface area (Å²) in [6, 6.07) is 15.9. The van der Waals surface area contributed by atoms with Gasteiger partial charge in [-0.25, -0.2) is 14.2 Å². The summed E-state index contributed by atoms with van der Waals surface area (Å²) in [5, 5.41) is 0.730. The Bertz CT molecular complexity index is 1420. The van der Waals surface area contributed by atoms with Crippen LogP contribution in [0.3, 0.4) is 0 Å². The second kappa shape index (κ2) is 10.1. The molecule has 4 aromatic rings. The summed E-state index contributed by atoms with van der Waals surface area (Å²) in [6.07, 6.45) is 3.27. The molecule has 4 rings (SSSR count). The fraction of sp³-hybridized carbons (Fsp3) is 0.167. The van der Waals surface area contributed by atoms with Gasteiger partial charge in [0, 0.05) is 13.2 Å². The molecule has 10 heteroatoms. The lowest BCUT2D eigenvalue weighted by Gasteiger charge is -2.22. The van der Waals surface area contributed by atoms with Crippen molar-refractivity contribution in [2.24, 2.45) is 0 Å². The number of hydrogen-bond acceptors (Lipinski definition) is 6. The maximum Gasteiger partial charge on any atom is 0.355 e. The fourth-order valence-electron chi connectivity index (χ4n) is 3.45. The molecular weight excluding hydrogens is 477 g/mol. The summed E-state index contributed by atoms with van der Waals surface area (Å²) < 4.78 is 7.75. The Balaban J connectivity index is 1.82. The highest BCUT2D eigenvalue weighted by Crippen LogP contribution is 2.23. The van der Waals surface area contributed by atoms with E-state index < -0.39 is 11.4 Å². The van der Waals surface area contributed by atoms with Crippen molar-refractivity contribution in [1.29, 1.82) is 0 Å². The highest BCUT2D eigenvalue weighted by Gasteiger charge is 2.18. The zero-order valence-corrected chi connectivity index (χ0v) is 20.0. The normalized spacial score (nSPS) is 10.8. The van der Waals surface area contributed by atoms with Crippen molar-refractivity contribution < 1.29 is 4.74 Å². The number of anilines is 2. The highest BCUT2D eigenvalue weighted by atomic mass is 35.5. The fourth-order valence-corrected chi connectivity index (χ4v) is 3.77. The second-order valence-electron chi connectivity index (χ2n) is 7.52. The number of nitrogens with zero attached hydrogens (tertiary/aromatic N) is 5. The number of ether oxygens (including phenoxy) is 1. The van der Waals surface area contributed by atoms with Gasteiger partial charge < -0.3 is 9.64 Å². The first-order chi connectivity index (χ1) is 16.4. The zero-order chi connectivity index (χ0) is 24.2. The molecule has 0 bridgehead atoms. The minimum absolute atomic E-state index is 0.00105. The first kappa shape index (κ1) is 23.5. The Morgan fingerprint density at radius 3 is 2.29 bits per heavy atom. The molecule has 2 aromatic heterocycles. The lowest BCUT2D eigenvalue weighted by Crippen LogP contribution is -2.44. The number of halogens is 2. The van der Waals surface area contributed by atoms with Crippen molar-refractivity contribution in [2.45, 2.75) is 13.1 Å². The molecule has 2 heterocycles. The van der Waals surface area contributed by atoms with E-state index in [2.05, 4.69) is 9.97 Å². The van der Waals surface area contributed by atoms with Gasteiger partial charge in [-0.05, 0) is 47.5 Å². The van der Waals surface area contributed by atoms with E-state index in [1.54, 1.807) is 55.7 Å². The molecule has 0 radical (unpaired) electrons. The van der Waals surface area contributed by atoms with Crippen molar-refractivity contribution in [3.05, 3.63) is 109 Å². The topological polar surface area (TPSA) is 82.2 Å². The molecule has 0 N–H and O–H groups in total. The predicted molar refractivity (Wildman–Crippen MR) is 133 cm³/mol. The number of aromatic nitrogens is 4. The quantitative estimate of drug-likeness (QED) is 0.384. The summed E-state index contributed by atoms with van der Waals surface area (Å²) >= 11 is 12.1. The Hall–Kier alpha value is -3.62. The van der Waals surface area contributed by atoms with Gasteiger partial charge >= 0.3 is 11.4 Å². The largest absolute Gasteiger partial charge is 0.497 e. The molecule has 34 heavy (non-hydrogen) atoms. The first-order valence-corrected chi connectivity index (χ1v) is 11.0. The van der Waals surface area contributed by atoms with Gasteiger partial charge in [-0.3, -0.25) is 9.55 Å². The summed E-state index contributed by atoms with van der Waals surface area (Å²) in [7, 11) is 3.31. The van der Waals surface area contributed by atoms with Crippen LogP contribution in [0.2, 0.25) is 10.0 Å². The summed E-state index contributed by atoms with van der Waals surface area (Å²) in [4.78, 5) is 36.6. The van der Waals surface area contributed by atoms with E-state index in [9.17, 15) is 9.59 Å². The maximum atomic E-state index is 13.6. The molecule has 0 unspecified atom stereocenters. The van der Waals surface area contributed by atoms with E-state index in [-0.39, 0.29) is 19.0 Å². The van der Waals surface area contributed by atoms with Gasteiger partial charge in [0.05, 0.1) is 42.1 Å². The zero-order valence-electron chi connectivity index (χ0n) is 18.5. The van der Waals surface area contributed by atoms with Crippen LogP contribution in [0.5, 0.6) is 5.75 Å². The molecule has 0 saturated carbocycles. The van der Waals surface area contributed by atoms with E-state index in [0.29, 0.717) is 27.0 Å². The monoisotopic (exact) mass is 497 g/mol. The Labute approximate surface area is 205 Å². The predicted octanol–water partition coefficient (Wildman–Crippen LogP) is 3.98. The van der Waals surface area contributed by atoms with Crippen molar-refractivity contribution in [3.8, 4) is 5.75 Å². The molecule has 0 amide bonds. The van der Waals surface area contributed by atoms with Crippen LogP contribution in [0.1, 0.15) is 11.1 Å². The van der Waals surface area contributed by atoms with E-state index in [1.165, 1.54) is 4.57 Å². The molecule has 0 aliphatic carbocycles. The van der Waals surface area contributed by atoms with E-state index >= 15 is 0 Å². The molecule has 174 valence electrons. The van der Waals surface area contributed by atoms with Gasteiger partial charge in [0.1, 0.15) is 5.75 Å². The minimum atomic E-state index is -0.673.